The van der Waals surface area contributed by atoms with Gasteiger partial charge in [-0.1, -0.05) is 24.3 Å². The van der Waals surface area contributed by atoms with Crippen LogP contribution in [-0.4, -0.2) is 15.8 Å². The molecule has 0 saturated carbocycles. The van der Waals surface area contributed by atoms with Crippen LogP contribution >= 0.6 is 11.9 Å². The van der Waals surface area contributed by atoms with Gasteiger partial charge in [0.2, 0.25) is 0 Å². The molecule has 0 radical (unpaired) electrons. The van der Waals surface area contributed by atoms with Crippen molar-refractivity contribution in [1.82, 2.24) is 9.29 Å². The second kappa shape index (κ2) is 5.99. The monoisotopic (exact) mass is 320 g/mol. The summed E-state index contributed by atoms with van der Waals surface area (Å²) in [6, 6.07) is 1.95. The fraction of sp³-hybridized carbons (Fsp3) is 0.158. The van der Waals surface area contributed by atoms with Gasteiger partial charge < -0.3 is 9.29 Å². The Morgan fingerprint density at radius 3 is 3.13 bits per heavy atom. The van der Waals surface area contributed by atoms with Gasteiger partial charge in [-0.05, 0) is 54.7 Å². The molecule has 3 nitrogen and oxygen atoms in total. The average Bonchev–Trinajstić information content (AvgIpc) is 2.74. The standard InChI is InChI=1S/C19H16N2OS/c22-19-16-7-4-5-9-18(15(16)10-12-20-19)23-21-13-11-14-6-2-1-3-8-17(14)21/h1-5,8-10,12H,6,11,13H2,(H,20,22). The van der Waals surface area contributed by atoms with Crippen molar-refractivity contribution in [2.45, 2.75) is 12.8 Å². The molecule has 0 amide bonds. The summed E-state index contributed by atoms with van der Waals surface area (Å²) >= 11 is 1.70. The third-order valence-corrected chi connectivity index (χ3v) is 5.27. The van der Waals surface area contributed by atoms with Gasteiger partial charge in [-0.15, -0.1) is 5.73 Å². The Kier molecular flexibility index (Phi) is 3.70. The molecule has 114 valence electrons. The van der Waals surface area contributed by atoms with E-state index in [1.165, 1.54) is 11.3 Å². The maximum atomic E-state index is 12.0. The van der Waals surface area contributed by atoms with Gasteiger partial charge in [0.25, 0.3) is 5.56 Å². The van der Waals surface area contributed by atoms with E-state index in [2.05, 4.69) is 45.4 Å². The van der Waals surface area contributed by atoms with Crippen molar-refractivity contribution in [3.63, 3.8) is 0 Å². The minimum absolute atomic E-state index is 0.0968. The Balaban J connectivity index is 1.79. The summed E-state index contributed by atoms with van der Waals surface area (Å²) in [5.41, 5.74) is 5.76. The number of hydrogen-bond acceptors (Lipinski definition) is 3. The number of allylic oxidation sites excluding steroid dienone is 6. The van der Waals surface area contributed by atoms with Gasteiger partial charge in [-0.3, -0.25) is 4.79 Å². The molecule has 0 fully saturated rings. The highest BCUT2D eigenvalue weighted by Gasteiger charge is 2.22. The van der Waals surface area contributed by atoms with Crippen LogP contribution in [0.1, 0.15) is 12.8 Å². The van der Waals surface area contributed by atoms with Crippen molar-refractivity contribution < 1.29 is 0 Å². The quantitative estimate of drug-likeness (QED) is 0.848. The topological polar surface area (TPSA) is 36.1 Å². The van der Waals surface area contributed by atoms with Gasteiger partial charge in [0.15, 0.2) is 0 Å². The second-order valence-electron chi connectivity index (χ2n) is 5.55. The summed E-state index contributed by atoms with van der Waals surface area (Å²) in [6.07, 6.45) is 18.2. The van der Waals surface area contributed by atoms with Gasteiger partial charge >= 0.3 is 0 Å². The lowest BCUT2D eigenvalue weighted by Crippen LogP contribution is -2.40. The van der Waals surface area contributed by atoms with Crippen LogP contribution in [0.3, 0.4) is 0 Å². The Bertz CT molecular complexity index is 985. The van der Waals surface area contributed by atoms with E-state index in [0.717, 1.165) is 29.5 Å². The number of rotatable bonds is 2. The summed E-state index contributed by atoms with van der Waals surface area (Å²) in [5.74, 6) is 0. The van der Waals surface area contributed by atoms with Crippen molar-refractivity contribution in [1.29, 1.82) is 0 Å². The summed E-state index contributed by atoms with van der Waals surface area (Å²) in [6.45, 7) is 1.00. The molecule has 0 saturated heterocycles. The molecule has 2 heterocycles. The molecule has 0 spiro atoms. The zero-order valence-corrected chi connectivity index (χ0v) is 13.4. The molecule has 3 aliphatic rings. The van der Waals surface area contributed by atoms with Crippen LogP contribution in [0.2, 0.25) is 0 Å². The van der Waals surface area contributed by atoms with E-state index in [0.29, 0.717) is 5.22 Å². The van der Waals surface area contributed by atoms with Gasteiger partial charge in [0.05, 0.1) is 5.22 Å². The molecule has 1 aromatic heterocycles. The molecule has 1 aromatic rings. The van der Waals surface area contributed by atoms with E-state index >= 15 is 0 Å². The van der Waals surface area contributed by atoms with Crippen LogP contribution in [0.5, 0.6) is 0 Å². The maximum absolute atomic E-state index is 12.0. The molecule has 0 unspecified atom stereocenters. The zero-order chi connectivity index (χ0) is 15.6. The van der Waals surface area contributed by atoms with E-state index in [-0.39, 0.29) is 5.56 Å². The highest BCUT2D eigenvalue weighted by molar-refractivity contribution is 8.06. The highest BCUT2D eigenvalue weighted by Crippen LogP contribution is 2.36. The Labute approximate surface area is 138 Å². The van der Waals surface area contributed by atoms with E-state index in [1.54, 1.807) is 24.2 Å². The fourth-order valence-corrected chi connectivity index (χ4v) is 4.10. The lowest BCUT2D eigenvalue weighted by atomic mass is 10.1. The molecule has 0 atom stereocenters. The summed E-state index contributed by atoms with van der Waals surface area (Å²) in [7, 11) is 0. The first-order valence-electron chi connectivity index (χ1n) is 7.69. The van der Waals surface area contributed by atoms with Crippen LogP contribution < -0.4 is 16.0 Å². The lowest BCUT2D eigenvalue weighted by Gasteiger charge is -2.19. The number of fused-ring (bicyclic) bond motifs is 1. The first kappa shape index (κ1) is 14.2. The van der Waals surface area contributed by atoms with Crippen LogP contribution in [0.25, 0.3) is 10.6 Å². The molecule has 1 aliphatic heterocycles. The fourth-order valence-electron chi connectivity index (χ4n) is 2.98. The number of aromatic amines is 1. The summed E-state index contributed by atoms with van der Waals surface area (Å²) in [4.78, 5) is 15.8. The third kappa shape index (κ3) is 2.67. The van der Waals surface area contributed by atoms with Crippen molar-refractivity contribution >= 4 is 22.6 Å². The maximum Gasteiger partial charge on any atom is 0.263 e. The smallest absolute Gasteiger partial charge is 0.263 e. The third-order valence-electron chi connectivity index (χ3n) is 4.12. The average molecular weight is 320 g/mol. The largest absolute Gasteiger partial charge is 0.328 e. The molecule has 4 heteroatoms. The van der Waals surface area contributed by atoms with Crippen molar-refractivity contribution in [3.8, 4) is 0 Å². The molecule has 2 aliphatic carbocycles. The minimum Gasteiger partial charge on any atom is -0.328 e. The minimum atomic E-state index is -0.0968. The summed E-state index contributed by atoms with van der Waals surface area (Å²) in [5, 5.41) is 1.54. The van der Waals surface area contributed by atoms with Crippen LogP contribution in [0.15, 0.2) is 70.9 Å². The molecule has 23 heavy (non-hydrogen) atoms. The predicted molar refractivity (Wildman–Crippen MR) is 95.7 cm³/mol. The van der Waals surface area contributed by atoms with Gasteiger partial charge in [0.1, 0.15) is 0 Å². The normalized spacial score (nSPS) is 18.6. The Hall–Kier alpha value is -2.42. The van der Waals surface area contributed by atoms with E-state index in [9.17, 15) is 4.79 Å². The van der Waals surface area contributed by atoms with Crippen molar-refractivity contribution in [2.24, 2.45) is 0 Å². The SMILES string of the molecule is O=c1[nH]ccc2c1=C=CC=CC=2SN1CCC2=C1C=CC=CC2. The first-order valence-corrected chi connectivity index (χ1v) is 8.46. The van der Waals surface area contributed by atoms with Crippen molar-refractivity contribution in [3.05, 3.63) is 86.9 Å². The van der Waals surface area contributed by atoms with Crippen molar-refractivity contribution in [2.75, 3.05) is 6.54 Å². The Morgan fingerprint density at radius 1 is 1.22 bits per heavy atom. The predicted octanol–water partition coefficient (Wildman–Crippen LogP) is 2.11. The Morgan fingerprint density at radius 2 is 2.17 bits per heavy atom. The van der Waals surface area contributed by atoms with Crippen LogP contribution in [-0.2, 0) is 0 Å². The number of hydrogen-bond donors (Lipinski definition) is 1. The molecule has 0 bridgehead atoms. The lowest BCUT2D eigenvalue weighted by molar-refractivity contribution is 0.647. The highest BCUT2D eigenvalue weighted by atomic mass is 32.2. The van der Waals surface area contributed by atoms with Gasteiger partial charge in [0, 0.05) is 28.6 Å². The second-order valence-corrected chi connectivity index (χ2v) is 6.62. The molecule has 0 aromatic carbocycles. The molecular weight excluding hydrogens is 304 g/mol. The number of aromatic nitrogens is 1. The van der Waals surface area contributed by atoms with Crippen LogP contribution in [0.4, 0.5) is 0 Å². The number of nitrogens with one attached hydrogen (secondary N) is 1. The number of H-pyrrole nitrogens is 1. The molecule has 1 N–H and O–H groups in total. The van der Waals surface area contributed by atoms with Gasteiger partial charge in [-0.25, -0.2) is 0 Å². The number of nitrogens with zero attached hydrogens (tertiary/aromatic N) is 1. The van der Waals surface area contributed by atoms with Gasteiger partial charge in [-0.2, -0.15) is 0 Å². The van der Waals surface area contributed by atoms with Crippen LogP contribution in [0, 0.1) is 0 Å². The number of pyridine rings is 1. The molecule has 4 rings (SSSR count). The van der Waals surface area contributed by atoms with E-state index in [4.69, 9.17) is 0 Å². The van der Waals surface area contributed by atoms with E-state index < -0.39 is 0 Å². The summed E-state index contributed by atoms with van der Waals surface area (Å²) < 4.78 is 2.33. The first-order chi connectivity index (χ1) is 11.3. The zero-order valence-electron chi connectivity index (χ0n) is 12.6. The van der Waals surface area contributed by atoms with E-state index in [1.807, 2.05) is 12.1 Å². The molecular formula is C19H16N2OS.